The van der Waals surface area contributed by atoms with Crippen molar-refractivity contribution >= 4 is 6.09 Å². The molecule has 0 bridgehead atoms. The Morgan fingerprint density at radius 2 is 2.00 bits per heavy atom. The number of nitrogens with two attached hydrogens (primary N) is 1. The number of rotatable bonds is 1. The Balaban J connectivity index is 2.37. The van der Waals surface area contributed by atoms with Gasteiger partial charge in [-0.25, -0.2) is 4.79 Å². The van der Waals surface area contributed by atoms with Gasteiger partial charge in [0, 0.05) is 13.1 Å². The van der Waals surface area contributed by atoms with Crippen molar-refractivity contribution in [3.63, 3.8) is 0 Å². The van der Waals surface area contributed by atoms with Gasteiger partial charge in [0.15, 0.2) is 0 Å². The van der Waals surface area contributed by atoms with Crippen molar-refractivity contribution in [2.24, 2.45) is 5.73 Å². The lowest BCUT2D eigenvalue weighted by Gasteiger charge is -2.47. The smallest absolute Gasteiger partial charge is 0.410 e. The van der Waals surface area contributed by atoms with Gasteiger partial charge in [-0.3, -0.25) is 0 Å². The quantitative estimate of drug-likeness (QED) is 0.695. The van der Waals surface area contributed by atoms with Crippen LogP contribution in [0.5, 0.6) is 0 Å². The zero-order chi connectivity index (χ0) is 11.0. The maximum absolute atomic E-state index is 11.5. The summed E-state index contributed by atoms with van der Waals surface area (Å²) in [4.78, 5) is 13.1. The highest BCUT2D eigenvalue weighted by Crippen LogP contribution is 2.23. The lowest BCUT2D eigenvalue weighted by Crippen LogP contribution is -2.68. The number of hydrogen-bond acceptors (Lipinski definition) is 3. The van der Waals surface area contributed by atoms with Crippen molar-refractivity contribution in [3.05, 3.63) is 0 Å². The van der Waals surface area contributed by atoms with Gasteiger partial charge in [0.1, 0.15) is 5.60 Å². The first-order valence-corrected chi connectivity index (χ1v) is 5.02. The molecule has 0 spiro atoms. The van der Waals surface area contributed by atoms with E-state index in [0.29, 0.717) is 13.1 Å². The number of hydrogen-bond donors (Lipinski definition) is 1. The molecule has 0 aromatic carbocycles. The predicted molar refractivity (Wildman–Crippen MR) is 55.0 cm³/mol. The van der Waals surface area contributed by atoms with E-state index in [1.54, 1.807) is 4.90 Å². The molecule has 1 fully saturated rings. The van der Waals surface area contributed by atoms with Crippen molar-refractivity contribution in [2.75, 3.05) is 13.1 Å². The van der Waals surface area contributed by atoms with E-state index < -0.39 is 5.60 Å². The van der Waals surface area contributed by atoms with Crippen molar-refractivity contribution in [1.29, 1.82) is 0 Å². The molecule has 4 nitrogen and oxygen atoms in total. The molecule has 0 aliphatic carbocycles. The molecule has 0 atom stereocenters. The van der Waals surface area contributed by atoms with Gasteiger partial charge in [0.25, 0.3) is 0 Å². The van der Waals surface area contributed by atoms with Crippen LogP contribution in [-0.2, 0) is 4.74 Å². The minimum absolute atomic E-state index is 0.184. The number of carbonyl (C=O) groups excluding carboxylic acids is 1. The summed E-state index contributed by atoms with van der Waals surface area (Å²) >= 11 is 0. The molecule has 1 aliphatic rings. The number of amides is 1. The Bertz CT molecular complexity index is 227. The fraction of sp³-hybridized carbons (Fsp3) is 0.900. The van der Waals surface area contributed by atoms with Gasteiger partial charge in [-0.1, -0.05) is 6.92 Å². The first-order valence-electron chi connectivity index (χ1n) is 5.02. The summed E-state index contributed by atoms with van der Waals surface area (Å²) in [5.41, 5.74) is 5.34. The maximum atomic E-state index is 11.5. The Morgan fingerprint density at radius 3 is 2.36 bits per heavy atom. The van der Waals surface area contributed by atoms with Crippen LogP contribution in [0.15, 0.2) is 0 Å². The average Bonchev–Trinajstić information content (AvgIpc) is 1.95. The first-order chi connectivity index (χ1) is 6.26. The highest BCUT2D eigenvalue weighted by Gasteiger charge is 2.42. The van der Waals surface area contributed by atoms with Gasteiger partial charge < -0.3 is 15.4 Å². The molecule has 1 saturated heterocycles. The van der Waals surface area contributed by atoms with Crippen molar-refractivity contribution in [1.82, 2.24) is 4.90 Å². The highest BCUT2D eigenvalue weighted by atomic mass is 16.6. The molecule has 2 N–H and O–H groups in total. The third-order valence-corrected chi connectivity index (χ3v) is 2.37. The molecule has 1 rings (SSSR count). The lowest BCUT2D eigenvalue weighted by atomic mass is 9.89. The fourth-order valence-electron chi connectivity index (χ4n) is 1.39. The second-order valence-corrected chi connectivity index (χ2v) is 5.05. The molecule has 1 amide bonds. The topological polar surface area (TPSA) is 55.6 Å². The molecule has 1 aliphatic heterocycles. The van der Waals surface area contributed by atoms with Crippen LogP contribution in [0, 0.1) is 0 Å². The zero-order valence-corrected chi connectivity index (χ0v) is 9.46. The summed E-state index contributed by atoms with van der Waals surface area (Å²) in [6.07, 6.45) is 0.638. The van der Waals surface area contributed by atoms with E-state index >= 15 is 0 Å². The van der Waals surface area contributed by atoms with Gasteiger partial charge >= 0.3 is 6.09 Å². The molecule has 0 unspecified atom stereocenters. The van der Waals surface area contributed by atoms with Crippen LogP contribution in [0.2, 0.25) is 0 Å². The minimum atomic E-state index is -0.420. The number of ether oxygens (including phenoxy) is 1. The summed E-state index contributed by atoms with van der Waals surface area (Å²) in [5.74, 6) is 0. The van der Waals surface area contributed by atoms with E-state index in [-0.39, 0.29) is 11.6 Å². The largest absolute Gasteiger partial charge is 0.444 e. The Kier molecular flexibility index (Phi) is 2.76. The van der Waals surface area contributed by atoms with Gasteiger partial charge in [-0.05, 0) is 27.2 Å². The Morgan fingerprint density at radius 1 is 1.50 bits per heavy atom. The van der Waals surface area contributed by atoms with E-state index in [2.05, 4.69) is 0 Å². The average molecular weight is 200 g/mol. The summed E-state index contributed by atoms with van der Waals surface area (Å²) < 4.78 is 5.21. The SMILES string of the molecule is CCC1(N)CN(C(=O)OC(C)(C)C)C1. The van der Waals surface area contributed by atoms with Crippen LogP contribution in [0.1, 0.15) is 34.1 Å². The van der Waals surface area contributed by atoms with Gasteiger partial charge in [-0.2, -0.15) is 0 Å². The van der Waals surface area contributed by atoms with Gasteiger partial charge in [0.2, 0.25) is 0 Å². The van der Waals surface area contributed by atoms with Gasteiger partial charge in [-0.15, -0.1) is 0 Å². The zero-order valence-electron chi connectivity index (χ0n) is 9.46. The number of nitrogens with zero attached hydrogens (tertiary/aromatic N) is 1. The second-order valence-electron chi connectivity index (χ2n) is 5.05. The van der Waals surface area contributed by atoms with Crippen LogP contribution in [0.25, 0.3) is 0 Å². The standard InChI is InChI=1S/C10H20N2O2/c1-5-10(11)6-12(7-10)8(13)14-9(2,3)4/h5-7,11H2,1-4H3. The van der Waals surface area contributed by atoms with Crippen molar-refractivity contribution < 1.29 is 9.53 Å². The summed E-state index contributed by atoms with van der Waals surface area (Å²) in [5, 5.41) is 0. The van der Waals surface area contributed by atoms with Gasteiger partial charge in [0.05, 0.1) is 5.54 Å². The molecule has 1 heterocycles. The van der Waals surface area contributed by atoms with E-state index in [4.69, 9.17) is 10.5 Å². The Labute approximate surface area is 85.4 Å². The number of likely N-dealkylation sites (tertiary alicyclic amines) is 1. The predicted octanol–water partition coefficient (Wildman–Crippen LogP) is 1.34. The van der Waals surface area contributed by atoms with E-state index in [9.17, 15) is 4.79 Å². The van der Waals surface area contributed by atoms with Crippen LogP contribution >= 0.6 is 0 Å². The van der Waals surface area contributed by atoms with E-state index in [1.165, 1.54) is 0 Å². The van der Waals surface area contributed by atoms with Crippen LogP contribution in [0.4, 0.5) is 4.79 Å². The highest BCUT2D eigenvalue weighted by molar-refractivity contribution is 5.69. The van der Waals surface area contributed by atoms with Crippen molar-refractivity contribution in [2.45, 2.75) is 45.3 Å². The first kappa shape index (κ1) is 11.3. The molecular formula is C10H20N2O2. The molecule has 0 aromatic heterocycles. The van der Waals surface area contributed by atoms with E-state index in [0.717, 1.165) is 6.42 Å². The minimum Gasteiger partial charge on any atom is -0.444 e. The molecule has 14 heavy (non-hydrogen) atoms. The summed E-state index contributed by atoms with van der Waals surface area (Å²) in [6, 6.07) is 0. The molecule has 0 radical (unpaired) electrons. The van der Waals surface area contributed by atoms with E-state index in [1.807, 2.05) is 27.7 Å². The fourth-order valence-corrected chi connectivity index (χ4v) is 1.39. The van der Waals surface area contributed by atoms with Crippen LogP contribution in [-0.4, -0.2) is 35.2 Å². The van der Waals surface area contributed by atoms with Crippen LogP contribution in [0.3, 0.4) is 0 Å². The normalized spacial score (nSPS) is 20.2. The molecule has 82 valence electrons. The third-order valence-electron chi connectivity index (χ3n) is 2.37. The lowest BCUT2D eigenvalue weighted by molar-refractivity contribution is -0.00860. The number of carbonyl (C=O) groups is 1. The third kappa shape index (κ3) is 2.61. The maximum Gasteiger partial charge on any atom is 0.410 e. The van der Waals surface area contributed by atoms with Crippen LogP contribution < -0.4 is 5.73 Å². The summed E-state index contributed by atoms with van der Waals surface area (Å²) in [6.45, 7) is 8.84. The van der Waals surface area contributed by atoms with Crippen molar-refractivity contribution in [3.8, 4) is 0 Å². The Hall–Kier alpha value is -0.770. The monoisotopic (exact) mass is 200 g/mol. The molecule has 0 aromatic rings. The second kappa shape index (κ2) is 3.42. The molecule has 4 heteroatoms. The molecular weight excluding hydrogens is 180 g/mol. The summed E-state index contributed by atoms with van der Waals surface area (Å²) in [7, 11) is 0. The molecule has 0 saturated carbocycles.